The molecule has 0 bridgehead atoms. The third-order valence-electron chi connectivity index (χ3n) is 8.83. The molecule has 0 radical (unpaired) electrons. The van der Waals surface area contributed by atoms with Gasteiger partial charge in [0.2, 0.25) is 0 Å². The summed E-state index contributed by atoms with van der Waals surface area (Å²) in [6.45, 7) is 0. The number of carbonyl (C=O) groups is 1. The zero-order valence-corrected chi connectivity index (χ0v) is 26.4. The number of nitrogens with zero attached hydrogens (tertiary/aromatic N) is 1. The molecule has 0 amide bonds. The molecule has 0 fully saturated rings. The number of allylic oxidation sites excluding steroid dienone is 4. The topological polar surface area (TPSA) is 50.1 Å². The van der Waals surface area contributed by atoms with Crippen molar-refractivity contribution in [1.82, 2.24) is 0 Å². The molecule has 0 spiro atoms. The third-order valence-corrected chi connectivity index (χ3v) is 8.83. The predicted molar refractivity (Wildman–Crippen MR) is 191 cm³/mol. The number of ketones is 1. The number of methoxy groups -OCH3 is 2. The maximum atomic E-state index is 13.7. The highest BCUT2D eigenvalue weighted by Crippen LogP contribution is 2.43. The van der Waals surface area contributed by atoms with Crippen LogP contribution in [0.25, 0.3) is 22.1 Å². The number of rotatable bonds is 6. The van der Waals surface area contributed by atoms with Crippen LogP contribution >= 0.6 is 0 Å². The van der Waals surface area contributed by atoms with Crippen LogP contribution in [0.4, 0.5) is 17.1 Å². The molecule has 0 saturated heterocycles. The van der Waals surface area contributed by atoms with Crippen LogP contribution in [0.1, 0.15) is 38.7 Å². The van der Waals surface area contributed by atoms with Crippen LogP contribution in [0.5, 0.6) is 11.5 Å². The van der Waals surface area contributed by atoms with E-state index < -0.39 is 0 Å². The molecule has 0 aliphatic heterocycles. The molecule has 0 unspecified atom stereocenters. The molecule has 2 aliphatic rings. The van der Waals surface area contributed by atoms with E-state index in [1.807, 2.05) is 115 Å². The number of ether oxygens (including phenoxy) is 2. The quantitative estimate of drug-likeness (QED) is 0.136. The summed E-state index contributed by atoms with van der Waals surface area (Å²) in [6.07, 6.45) is 8.27. The van der Waals surface area contributed by atoms with Crippen LogP contribution in [0.15, 0.2) is 144 Å². The second kappa shape index (κ2) is 12.1. The van der Waals surface area contributed by atoms with Gasteiger partial charge in [-0.05, 0) is 84.9 Å². The van der Waals surface area contributed by atoms with Gasteiger partial charge in [-0.1, -0.05) is 60.4 Å². The zero-order valence-electron chi connectivity index (χ0n) is 26.4. The van der Waals surface area contributed by atoms with Gasteiger partial charge in [0, 0.05) is 50.8 Å². The van der Waals surface area contributed by atoms with E-state index in [2.05, 4.69) is 41.0 Å². The van der Waals surface area contributed by atoms with E-state index in [9.17, 15) is 4.79 Å². The van der Waals surface area contributed by atoms with Gasteiger partial charge >= 0.3 is 11.5 Å². The lowest BCUT2D eigenvalue weighted by Crippen LogP contribution is -2.11. The highest BCUT2D eigenvalue weighted by atomic mass is 16.5. The summed E-state index contributed by atoms with van der Waals surface area (Å²) in [4.78, 5) is 15.9. The fourth-order valence-electron chi connectivity index (χ4n) is 6.43. The van der Waals surface area contributed by atoms with Gasteiger partial charge in [0.05, 0.1) is 19.6 Å². The summed E-state index contributed by atoms with van der Waals surface area (Å²) in [5, 5.41) is 1.81. The van der Waals surface area contributed by atoms with Crippen molar-refractivity contribution in [2.45, 2.75) is 5.92 Å². The average molecular weight is 625 g/mol. The van der Waals surface area contributed by atoms with E-state index in [4.69, 9.17) is 13.9 Å². The van der Waals surface area contributed by atoms with Gasteiger partial charge in [-0.25, -0.2) is 4.42 Å². The van der Waals surface area contributed by atoms with Gasteiger partial charge in [0.1, 0.15) is 23.0 Å². The Morgan fingerprint density at radius 1 is 0.667 bits per heavy atom. The van der Waals surface area contributed by atoms with Crippen LogP contribution in [-0.2, 0) is 0 Å². The zero-order chi connectivity index (χ0) is 32.6. The fourth-order valence-corrected chi connectivity index (χ4v) is 6.43. The predicted octanol–water partition coefficient (Wildman–Crippen LogP) is 10.0. The smallest absolute Gasteiger partial charge is 0.370 e. The third kappa shape index (κ3) is 5.10. The first-order valence-corrected chi connectivity index (χ1v) is 15.7. The molecular formula is C43H30NO4+. The fraction of sp³-hybridized carbons (Fsp3) is 0.0698. The van der Waals surface area contributed by atoms with E-state index in [1.165, 1.54) is 0 Å². The van der Waals surface area contributed by atoms with Crippen molar-refractivity contribution in [2.24, 2.45) is 0 Å². The van der Waals surface area contributed by atoms with Crippen LogP contribution in [-0.4, -0.2) is 20.0 Å². The Morgan fingerprint density at radius 3 is 1.88 bits per heavy atom. The number of fused-ring (bicyclic) bond motifs is 2. The second-order valence-electron chi connectivity index (χ2n) is 11.6. The van der Waals surface area contributed by atoms with E-state index in [0.717, 1.165) is 61.8 Å². The first kappa shape index (κ1) is 29.1. The Bertz CT molecular complexity index is 2260. The van der Waals surface area contributed by atoms with Crippen molar-refractivity contribution in [3.63, 3.8) is 0 Å². The van der Waals surface area contributed by atoms with Gasteiger partial charge in [-0.2, -0.15) is 0 Å². The van der Waals surface area contributed by atoms with E-state index in [1.54, 1.807) is 14.2 Å². The molecule has 5 aromatic carbocycles. The normalized spacial score (nSPS) is 12.8. The summed E-state index contributed by atoms with van der Waals surface area (Å²) in [5.74, 6) is 9.86. The Labute approximate surface area is 279 Å². The summed E-state index contributed by atoms with van der Waals surface area (Å²) in [7, 11) is 3.33. The largest absolute Gasteiger partial charge is 0.497 e. The molecule has 0 atom stereocenters. The first-order valence-electron chi connectivity index (χ1n) is 15.7. The number of anilines is 3. The Balaban J connectivity index is 1.18. The number of hydrogen-bond donors (Lipinski definition) is 0. The summed E-state index contributed by atoms with van der Waals surface area (Å²) in [5.41, 5.74) is 6.55. The molecule has 5 nitrogen and oxygen atoms in total. The molecule has 0 N–H and O–H groups in total. The molecule has 8 rings (SSSR count). The highest BCUT2D eigenvalue weighted by Gasteiger charge is 2.37. The monoisotopic (exact) mass is 624 g/mol. The van der Waals surface area contributed by atoms with Crippen molar-refractivity contribution < 1.29 is 18.7 Å². The SMILES string of the molecule is COc1ccc(N(c2ccc(C#Cc3cccc4c3-c3[o+]c(C5C=CC=C5)cc5cccc(c35)C4=O)cc2)c2ccc(OC)cc2)cc1. The number of carbonyl (C=O) groups excluding carboxylic acids is 1. The molecule has 230 valence electrons. The van der Waals surface area contributed by atoms with Gasteiger partial charge in [0.15, 0.2) is 5.78 Å². The Hall–Kier alpha value is -6.38. The maximum absolute atomic E-state index is 13.7. The van der Waals surface area contributed by atoms with Crippen molar-refractivity contribution in [2.75, 3.05) is 19.1 Å². The molecule has 1 heterocycles. The lowest BCUT2D eigenvalue weighted by molar-refractivity contribution is 0.103. The van der Waals surface area contributed by atoms with Gasteiger partial charge in [-0.3, -0.25) is 4.79 Å². The van der Waals surface area contributed by atoms with Crippen LogP contribution in [0.2, 0.25) is 0 Å². The van der Waals surface area contributed by atoms with Crippen molar-refractivity contribution in [3.05, 3.63) is 168 Å². The lowest BCUT2D eigenvalue weighted by atomic mass is 9.84. The molecule has 6 aromatic rings. The summed E-state index contributed by atoms with van der Waals surface area (Å²) in [6, 6.07) is 37.7. The van der Waals surface area contributed by atoms with Crippen LogP contribution in [0.3, 0.4) is 0 Å². The molecule has 1 aromatic heterocycles. The minimum absolute atomic E-state index is 0.0168. The summed E-state index contributed by atoms with van der Waals surface area (Å²) < 4.78 is 17.4. The molecule has 5 heteroatoms. The molecule has 2 aliphatic carbocycles. The second-order valence-corrected chi connectivity index (χ2v) is 11.6. The van der Waals surface area contributed by atoms with Gasteiger partial charge in [-0.15, -0.1) is 0 Å². The van der Waals surface area contributed by atoms with Crippen molar-refractivity contribution in [1.29, 1.82) is 0 Å². The highest BCUT2D eigenvalue weighted by molar-refractivity contribution is 6.25. The van der Waals surface area contributed by atoms with E-state index in [0.29, 0.717) is 16.9 Å². The van der Waals surface area contributed by atoms with E-state index >= 15 is 0 Å². The maximum Gasteiger partial charge on any atom is 0.370 e. The molecule has 48 heavy (non-hydrogen) atoms. The average Bonchev–Trinajstić information content (AvgIpc) is 3.69. The molecular weight excluding hydrogens is 594 g/mol. The Kier molecular flexibility index (Phi) is 7.32. The number of benzene rings is 5. The van der Waals surface area contributed by atoms with Crippen molar-refractivity contribution in [3.8, 4) is 34.7 Å². The lowest BCUT2D eigenvalue weighted by Gasteiger charge is -2.25. The molecule has 0 saturated carbocycles. The first-order chi connectivity index (χ1) is 23.6. The minimum atomic E-state index is -0.0168. The minimum Gasteiger partial charge on any atom is -0.497 e. The van der Waals surface area contributed by atoms with Gasteiger partial charge < -0.3 is 14.4 Å². The number of hydrogen-bond acceptors (Lipinski definition) is 4. The van der Waals surface area contributed by atoms with Gasteiger partial charge in [0.25, 0.3) is 0 Å². The Morgan fingerprint density at radius 2 is 1.25 bits per heavy atom. The van der Waals surface area contributed by atoms with Crippen molar-refractivity contribution >= 4 is 33.6 Å². The standard InChI is InChI=1S/C43H30NO4/c1-46-35-23-19-33(20-24-35)44(34-21-25-36(47-2)26-22-34)32-17-14-28(15-18-32)13-16-30-9-5-11-37-40(30)43-41-31(10-6-12-38(41)42(37)45)27-39(48-43)29-7-3-4-8-29/h3-12,14-15,17-27,29H,1-2H3/q+1. The van der Waals surface area contributed by atoms with Crippen LogP contribution in [0, 0.1) is 11.8 Å². The summed E-state index contributed by atoms with van der Waals surface area (Å²) >= 11 is 0. The van der Waals surface area contributed by atoms with Crippen LogP contribution < -0.4 is 14.4 Å². The van der Waals surface area contributed by atoms with E-state index in [-0.39, 0.29) is 11.7 Å².